The Kier molecular flexibility index (Phi) is 3.44. The Morgan fingerprint density at radius 3 is 0.867 bits per heavy atom. The summed E-state index contributed by atoms with van der Waals surface area (Å²) in [6.07, 6.45) is 6.64. The second-order valence-corrected chi connectivity index (χ2v) is 9.32. The van der Waals surface area contributed by atoms with Gasteiger partial charge in [0.25, 0.3) is 0 Å². The number of hydrogen-bond donors (Lipinski definition) is 0. The van der Waals surface area contributed by atoms with Crippen molar-refractivity contribution in [3.8, 4) is 22.3 Å². The molecule has 4 aromatic carbocycles. The smallest absolute Gasteiger partial charge is 0.00133 e. The van der Waals surface area contributed by atoms with E-state index in [1.165, 1.54) is 66.8 Å². The molecule has 0 nitrogen and oxygen atoms in total. The van der Waals surface area contributed by atoms with E-state index in [1.807, 2.05) is 0 Å². The Labute approximate surface area is 178 Å². The van der Waals surface area contributed by atoms with E-state index in [0.717, 1.165) is 38.5 Å². The molecule has 30 heavy (non-hydrogen) atoms. The summed E-state index contributed by atoms with van der Waals surface area (Å²) in [5.74, 6) is 0. The molecule has 0 aromatic heterocycles. The van der Waals surface area contributed by atoms with Gasteiger partial charge in [0.2, 0.25) is 0 Å². The molecule has 0 aliphatic heterocycles. The van der Waals surface area contributed by atoms with Crippen molar-refractivity contribution in [2.24, 2.45) is 0 Å². The first-order chi connectivity index (χ1) is 14.8. The first kappa shape index (κ1) is 16.7. The lowest BCUT2D eigenvalue weighted by molar-refractivity contribution is 0.949. The summed E-state index contributed by atoms with van der Waals surface area (Å²) < 4.78 is 0. The Bertz CT molecular complexity index is 1130. The van der Waals surface area contributed by atoms with Gasteiger partial charge in [0.15, 0.2) is 0 Å². The summed E-state index contributed by atoms with van der Waals surface area (Å²) in [6.45, 7) is 0. The van der Waals surface area contributed by atoms with Crippen LogP contribution in [0.1, 0.15) is 44.5 Å². The molecule has 0 spiro atoms. The van der Waals surface area contributed by atoms with Gasteiger partial charge in [-0.25, -0.2) is 0 Å². The minimum Gasteiger partial charge on any atom is -0.0584 e. The molecule has 0 heteroatoms. The van der Waals surface area contributed by atoms with Gasteiger partial charge in [-0.05, 0) is 105 Å². The van der Waals surface area contributed by atoms with Gasteiger partial charge in [-0.15, -0.1) is 0 Å². The Hall–Kier alpha value is -3.12. The van der Waals surface area contributed by atoms with E-state index in [0.29, 0.717) is 0 Å². The maximum atomic E-state index is 2.46. The summed E-state index contributed by atoms with van der Waals surface area (Å²) in [5, 5.41) is 0. The van der Waals surface area contributed by atoms with E-state index in [9.17, 15) is 0 Å². The topological polar surface area (TPSA) is 0 Å². The first-order valence-electron chi connectivity index (χ1n) is 11.3. The molecule has 3 aliphatic carbocycles. The first-order valence-corrected chi connectivity index (χ1v) is 11.3. The van der Waals surface area contributed by atoms with Gasteiger partial charge >= 0.3 is 0 Å². The third-order valence-electron chi connectivity index (χ3n) is 7.43. The molecule has 0 atom stereocenters. The number of hydrogen-bond acceptors (Lipinski definition) is 0. The van der Waals surface area contributed by atoms with Crippen LogP contribution in [0.5, 0.6) is 0 Å². The molecule has 0 N–H and O–H groups in total. The zero-order chi connectivity index (χ0) is 19.7. The molecule has 0 amide bonds. The van der Waals surface area contributed by atoms with Gasteiger partial charge in [0.05, 0.1) is 0 Å². The van der Waals surface area contributed by atoms with Crippen LogP contribution >= 0.6 is 0 Å². The van der Waals surface area contributed by atoms with Crippen molar-refractivity contribution in [2.75, 3.05) is 0 Å². The zero-order valence-corrected chi connectivity index (χ0v) is 17.2. The van der Waals surface area contributed by atoms with Crippen molar-refractivity contribution in [3.63, 3.8) is 0 Å². The van der Waals surface area contributed by atoms with Crippen molar-refractivity contribution >= 4 is 0 Å². The van der Waals surface area contributed by atoms with Crippen LogP contribution in [0.4, 0.5) is 0 Å². The highest BCUT2D eigenvalue weighted by atomic mass is 14.3. The molecule has 8 bridgehead atoms. The molecule has 7 rings (SSSR count). The minimum atomic E-state index is 1.09. The molecule has 4 aromatic rings. The van der Waals surface area contributed by atoms with Crippen molar-refractivity contribution in [1.29, 1.82) is 0 Å². The van der Waals surface area contributed by atoms with Crippen LogP contribution in [0, 0.1) is 0 Å². The van der Waals surface area contributed by atoms with Crippen molar-refractivity contribution in [1.82, 2.24) is 0 Å². The Balaban J connectivity index is 1.35. The molecule has 144 valence electrons. The zero-order valence-electron chi connectivity index (χ0n) is 17.2. The van der Waals surface area contributed by atoms with Crippen LogP contribution in [0.2, 0.25) is 0 Å². The number of aryl methyl sites for hydroxylation is 4. The average molecular weight is 385 g/mol. The fraction of sp³-hybridized carbons (Fsp3) is 0.200. The van der Waals surface area contributed by atoms with Crippen LogP contribution in [-0.2, 0) is 38.5 Å². The summed E-state index contributed by atoms with van der Waals surface area (Å²) in [7, 11) is 0. The van der Waals surface area contributed by atoms with E-state index >= 15 is 0 Å². The largest absolute Gasteiger partial charge is 0.0584 e. The van der Waals surface area contributed by atoms with Gasteiger partial charge in [-0.2, -0.15) is 0 Å². The summed E-state index contributed by atoms with van der Waals surface area (Å²) in [6, 6.07) is 28.7. The molecule has 3 aliphatic rings. The predicted molar refractivity (Wildman–Crippen MR) is 124 cm³/mol. The lowest BCUT2D eigenvalue weighted by Gasteiger charge is -2.09. The van der Waals surface area contributed by atoms with E-state index in [2.05, 4.69) is 72.8 Å². The normalized spacial score (nSPS) is 15.2. The van der Waals surface area contributed by atoms with E-state index in [4.69, 9.17) is 0 Å². The lowest BCUT2D eigenvalue weighted by Crippen LogP contribution is -1.95. The molecule has 0 radical (unpaired) electrons. The highest BCUT2D eigenvalue weighted by Crippen LogP contribution is 2.39. The predicted octanol–water partition coefficient (Wildman–Crippen LogP) is 6.71. The van der Waals surface area contributed by atoms with Crippen molar-refractivity contribution < 1.29 is 0 Å². The molecule has 0 heterocycles. The lowest BCUT2D eigenvalue weighted by atomic mass is 9.96. The molecule has 0 saturated carbocycles. The molecule has 0 fully saturated rings. The third kappa shape index (κ3) is 2.53. The van der Waals surface area contributed by atoms with Gasteiger partial charge < -0.3 is 0 Å². The van der Waals surface area contributed by atoms with Gasteiger partial charge in [-0.3, -0.25) is 0 Å². The highest BCUT2D eigenvalue weighted by molar-refractivity contribution is 5.78. The highest BCUT2D eigenvalue weighted by Gasteiger charge is 2.21. The molecule has 0 unspecified atom stereocenters. The summed E-state index contributed by atoms with van der Waals surface area (Å²) in [4.78, 5) is 0. The number of fused-ring (bicyclic) bond motifs is 6. The van der Waals surface area contributed by atoms with Crippen LogP contribution in [0.3, 0.4) is 0 Å². The second kappa shape index (κ2) is 6.19. The average Bonchev–Trinajstić information content (AvgIpc) is 3.31. The third-order valence-corrected chi connectivity index (χ3v) is 7.43. The van der Waals surface area contributed by atoms with Gasteiger partial charge in [0.1, 0.15) is 0 Å². The fourth-order valence-electron chi connectivity index (χ4n) is 5.83. The van der Waals surface area contributed by atoms with Gasteiger partial charge in [0, 0.05) is 0 Å². The summed E-state index contributed by atoms with van der Waals surface area (Å²) in [5.41, 5.74) is 17.7. The maximum Gasteiger partial charge on any atom is -0.00133 e. The Morgan fingerprint density at radius 1 is 0.333 bits per heavy atom. The van der Waals surface area contributed by atoms with Crippen LogP contribution < -0.4 is 0 Å². The monoisotopic (exact) mass is 384 g/mol. The number of rotatable bonds is 0. The maximum absolute atomic E-state index is 2.46. The van der Waals surface area contributed by atoms with E-state index < -0.39 is 0 Å². The Morgan fingerprint density at radius 2 is 0.600 bits per heavy atom. The van der Waals surface area contributed by atoms with Crippen LogP contribution in [0.25, 0.3) is 22.3 Å². The van der Waals surface area contributed by atoms with Crippen molar-refractivity contribution in [3.05, 3.63) is 117 Å². The molecular weight excluding hydrogens is 360 g/mol. The van der Waals surface area contributed by atoms with E-state index in [1.54, 1.807) is 0 Å². The molecule has 0 saturated heterocycles. The fourth-order valence-corrected chi connectivity index (χ4v) is 5.83. The standard InChI is InChI=1S/C30H24/c1-2-20-6-10-28-24(14-20)18-26-16-22(8-12-30(26)28)4-3-21-7-11-29-25(15-21)17-23-13-19(1)5-9-27(23)29/h5-16H,1-4,17-18H2. The quantitative estimate of drug-likeness (QED) is 0.273. The number of benzene rings is 4. The minimum absolute atomic E-state index is 1.09. The molecular formula is C30H24. The SMILES string of the molecule is c1cc2c3cc1CCc1ccc4c(c1)Cc1cc(ccc1-4)CCc1ccc-2c(c1)C3. The van der Waals surface area contributed by atoms with Crippen LogP contribution in [0.15, 0.2) is 72.8 Å². The summed E-state index contributed by atoms with van der Waals surface area (Å²) >= 11 is 0. The second-order valence-electron chi connectivity index (χ2n) is 9.32. The van der Waals surface area contributed by atoms with Crippen LogP contribution in [-0.4, -0.2) is 0 Å². The van der Waals surface area contributed by atoms with Crippen molar-refractivity contribution in [2.45, 2.75) is 38.5 Å². The van der Waals surface area contributed by atoms with E-state index in [-0.39, 0.29) is 0 Å². The van der Waals surface area contributed by atoms with Gasteiger partial charge in [-0.1, -0.05) is 72.8 Å².